The van der Waals surface area contributed by atoms with Crippen LogP contribution in [0.15, 0.2) is 0 Å². The Balaban J connectivity index is 2.09. The number of likely N-dealkylation sites (tertiary alicyclic amines) is 1. The Labute approximate surface area is 116 Å². The van der Waals surface area contributed by atoms with Crippen LogP contribution in [0.1, 0.15) is 40.0 Å². The van der Waals surface area contributed by atoms with Gasteiger partial charge in [0.25, 0.3) is 0 Å². The van der Waals surface area contributed by atoms with Gasteiger partial charge < -0.3 is 9.84 Å². The van der Waals surface area contributed by atoms with Crippen LogP contribution in [0.4, 0.5) is 0 Å². The van der Waals surface area contributed by atoms with Crippen LogP contribution in [0, 0.1) is 17.3 Å². The smallest absolute Gasteiger partial charge is 0.313 e. The van der Waals surface area contributed by atoms with Crippen molar-refractivity contribution in [3.8, 4) is 0 Å². The molecule has 2 aliphatic heterocycles. The average molecular weight is 269 g/mol. The molecule has 4 atom stereocenters. The fraction of sp³-hybridized carbons (Fsp3) is 0.933. The predicted molar refractivity (Wildman–Crippen MR) is 74.1 cm³/mol. The third-order valence-electron chi connectivity index (χ3n) is 5.00. The van der Waals surface area contributed by atoms with Crippen LogP contribution < -0.4 is 0 Å². The van der Waals surface area contributed by atoms with Gasteiger partial charge in [0.1, 0.15) is 5.41 Å². The molecule has 0 radical (unpaired) electrons. The van der Waals surface area contributed by atoms with Crippen LogP contribution in [-0.4, -0.2) is 48.3 Å². The zero-order valence-electron chi connectivity index (χ0n) is 12.4. The minimum Gasteiger partial charge on any atom is -0.481 e. The molecule has 0 bridgehead atoms. The van der Waals surface area contributed by atoms with Gasteiger partial charge in [-0.1, -0.05) is 13.8 Å². The maximum absolute atomic E-state index is 11.7. The molecule has 2 rings (SSSR count). The lowest BCUT2D eigenvalue weighted by atomic mass is 9.79. The number of carbonyl (C=O) groups is 1. The molecular weight excluding hydrogens is 242 g/mol. The molecule has 1 N–H and O–H groups in total. The highest BCUT2D eigenvalue weighted by atomic mass is 16.5. The van der Waals surface area contributed by atoms with Crippen LogP contribution in [0.2, 0.25) is 0 Å². The largest absolute Gasteiger partial charge is 0.481 e. The van der Waals surface area contributed by atoms with Gasteiger partial charge in [0, 0.05) is 25.7 Å². The normalized spacial score (nSPS) is 41.1. The monoisotopic (exact) mass is 269 g/mol. The van der Waals surface area contributed by atoms with Crippen molar-refractivity contribution in [3.05, 3.63) is 0 Å². The zero-order valence-corrected chi connectivity index (χ0v) is 12.4. The second kappa shape index (κ2) is 5.80. The van der Waals surface area contributed by atoms with Crippen molar-refractivity contribution in [1.82, 2.24) is 4.90 Å². The summed E-state index contributed by atoms with van der Waals surface area (Å²) in [6, 6.07) is 0.467. The van der Waals surface area contributed by atoms with Gasteiger partial charge in [-0.15, -0.1) is 0 Å². The van der Waals surface area contributed by atoms with Crippen molar-refractivity contribution >= 4 is 5.97 Å². The van der Waals surface area contributed by atoms with Crippen LogP contribution in [0.5, 0.6) is 0 Å². The molecular formula is C15H27NO3. The first-order chi connectivity index (χ1) is 8.94. The Hall–Kier alpha value is -0.610. The molecule has 0 aromatic carbocycles. The van der Waals surface area contributed by atoms with Gasteiger partial charge in [0.15, 0.2) is 0 Å². The van der Waals surface area contributed by atoms with Crippen molar-refractivity contribution < 1.29 is 14.6 Å². The lowest BCUT2D eigenvalue weighted by Crippen LogP contribution is -2.54. The summed E-state index contributed by atoms with van der Waals surface area (Å²) >= 11 is 0. The lowest BCUT2D eigenvalue weighted by molar-refractivity contribution is -0.161. The molecule has 19 heavy (non-hydrogen) atoms. The summed E-state index contributed by atoms with van der Waals surface area (Å²) in [6.07, 6.45) is 2.85. The molecule has 110 valence electrons. The highest BCUT2D eigenvalue weighted by Crippen LogP contribution is 2.34. The van der Waals surface area contributed by atoms with E-state index in [0.717, 1.165) is 19.4 Å². The Morgan fingerprint density at radius 3 is 2.74 bits per heavy atom. The Morgan fingerprint density at radius 1 is 1.42 bits per heavy atom. The third kappa shape index (κ3) is 3.11. The van der Waals surface area contributed by atoms with E-state index in [2.05, 4.69) is 25.7 Å². The zero-order chi connectivity index (χ0) is 14.0. The van der Waals surface area contributed by atoms with Crippen LogP contribution >= 0.6 is 0 Å². The van der Waals surface area contributed by atoms with E-state index in [4.69, 9.17) is 4.74 Å². The highest BCUT2D eigenvalue weighted by Gasteiger charge is 2.44. The predicted octanol–water partition coefficient (Wildman–Crippen LogP) is 2.23. The number of hydrogen-bond acceptors (Lipinski definition) is 3. The Bertz CT molecular complexity index is 325. The van der Waals surface area contributed by atoms with Crippen molar-refractivity contribution in [2.75, 3.05) is 26.3 Å². The van der Waals surface area contributed by atoms with Gasteiger partial charge >= 0.3 is 5.97 Å². The number of carboxylic acid groups (broad SMARTS) is 1. The lowest BCUT2D eigenvalue weighted by Gasteiger charge is -2.45. The first-order valence-corrected chi connectivity index (χ1v) is 7.50. The average Bonchev–Trinajstić information content (AvgIpc) is 2.36. The minimum absolute atomic E-state index is 0.369. The quantitative estimate of drug-likeness (QED) is 0.853. The van der Waals surface area contributed by atoms with E-state index in [0.29, 0.717) is 37.6 Å². The number of ether oxygens (including phenoxy) is 1. The summed E-state index contributed by atoms with van der Waals surface area (Å²) in [5.41, 5.74) is -0.691. The molecule has 0 aliphatic carbocycles. The number of aliphatic carboxylic acids is 1. The summed E-state index contributed by atoms with van der Waals surface area (Å²) in [5.74, 6) is 0.603. The maximum atomic E-state index is 11.7. The third-order valence-corrected chi connectivity index (χ3v) is 5.00. The van der Waals surface area contributed by atoms with Gasteiger partial charge in [0.05, 0.1) is 6.61 Å². The molecule has 0 saturated carbocycles. The van der Waals surface area contributed by atoms with E-state index in [1.54, 1.807) is 0 Å². The number of nitrogens with zero attached hydrogens (tertiary/aromatic N) is 1. The molecule has 2 saturated heterocycles. The first kappa shape index (κ1) is 14.8. The van der Waals surface area contributed by atoms with Gasteiger partial charge in [-0.2, -0.15) is 0 Å². The van der Waals surface area contributed by atoms with Gasteiger partial charge in [-0.05, 0) is 38.0 Å². The summed E-state index contributed by atoms with van der Waals surface area (Å²) in [6.45, 7) is 9.50. The first-order valence-electron chi connectivity index (χ1n) is 7.50. The number of hydrogen-bond donors (Lipinski definition) is 1. The molecule has 0 aromatic rings. The second-order valence-electron chi connectivity index (χ2n) is 6.73. The van der Waals surface area contributed by atoms with Crippen LogP contribution in [0.25, 0.3) is 0 Å². The summed E-state index contributed by atoms with van der Waals surface area (Å²) in [5, 5.41) is 9.63. The molecule has 0 spiro atoms. The fourth-order valence-corrected chi connectivity index (χ4v) is 3.64. The van der Waals surface area contributed by atoms with E-state index in [-0.39, 0.29) is 0 Å². The minimum atomic E-state index is -0.691. The topological polar surface area (TPSA) is 49.8 Å². The van der Waals surface area contributed by atoms with Crippen molar-refractivity contribution in [2.24, 2.45) is 17.3 Å². The van der Waals surface area contributed by atoms with Crippen LogP contribution in [-0.2, 0) is 9.53 Å². The maximum Gasteiger partial charge on any atom is 0.313 e. The summed E-state index contributed by atoms with van der Waals surface area (Å²) in [4.78, 5) is 14.1. The second-order valence-corrected chi connectivity index (χ2v) is 6.73. The number of carboxylic acids is 1. The van der Waals surface area contributed by atoms with E-state index < -0.39 is 11.4 Å². The summed E-state index contributed by atoms with van der Waals surface area (Å²) < 4.78 is 5.47. The van der Waals surface area contributed by atoms with Crippen molar-refractivity contribution in [1.29, 1.82) is 0 Å². The van der Waals surface area contributed by atoms with E-state index in [1.165, 1.54) is 6.42 Å². The molecule has 4 unspecified atom stereocenters. The molecule has 4 heteroatoms. The molecule has 0 amide bonds. The molecule has 2 fully saturated rings. The molecule has 0 aromatic heterocycles. The van der Waals surface area contributed by atoms with E-state index in [1.807, 2.05) is 0 Å². The Kier molecular flexibility index (Phi) is 4.51. The van der Waals surface area contributed by atoms with Crippen molar-refractivity contribution in [2.45, 2.75) is 46.1 Å². The molecule has 2 heterocycles. The van der Waals surface area contributed by atoms with Gasteiger partial charge in [-0.25, -0.2) is 0 Å². The fourth-order valence-electron chi connectivity index (χ4n) is 3.64. The number of piperidine rings is 1. The highest BCUT2D eigenvalue weighted by molar-refractivity contribution is 5.75. The Morgan fingerprint density at radius 2 is 2.16 bits per heavy atom. The standard InChI is InChI=1S/C15H27NO3/c1-11-7-12(2)13(3)16(8-11)9-15(14(17)18)5-4-6-19-10-15/h11-13H,4-10H2,1-3H3,(H,17,18). The van der Waals surface area contributed by atoms with E-state index in [9.17, 15) is 9.90 Å². The van der Waals surface area contributed by atoms with Crippen molar-refractivity contribution in [3.63, 3.8) is 0 Å². The molecule has 2 aliphatic rings. The number of rotatable bonds is 3. The summed E-state index contributed by atoms with van der Waals surface area (Å²) in [7, 11) is 0. The van der Waals surface area contributed by atoms with Crippen LogP contribution in [0.3, 0.4) is 0 Å². The molecule has 4 nitrogen and oxygen atoms in total. The van der Waals surface area contributed by atoms with Gasteiger partial charge in [0.2, 0.25) is 0 Å². The van der Waals surface area contributed by atoms with Gasteiger partial charge in [-0.3, -0.25) is 9.69 Å². The SMILES string of the molecule is CC1CC(C)C(C)N(CC2(C(=O)O)CCCOC2)C1. The van der Waals surface area contributed by atoms with E-state index >= 15 is 0 Å².